The highest BCUT2D eigenvalue weighted by Gasteiger charge is 2.17. The molecule has 1 aromatic heterocycles. The Bertz CT molecular complexity index is 673. The zero-order chi connectivity index (χ0) is 15.6. The number of carbonyl (C=O) groups excluding carboxylic acids is 1. The van der Waals surface area contributed by atoms with Crippen LogP contribution in [0.4, 0.5) is 4.39 Å². The van der Waals surface area contributed by atoms with E-state index in [1.165, 1.54) is 6.07 Å². The quantitative estimate of drug-likeness (QED) is 0.580. The van der Waals surface area contributed by atoms with E-state index in [0.717, 1.165) is 5.52 Å². The lowest BCUT2D eigenvalue weighted by Gasteiger charge is -2.10. The predicted molar refractivity (Wildman–Crippen MR) is 82.9 cm³/mol. The third kappa shape index (κ3) is 3.55. The first-order valence-corrected chi connectivity index (χ1v) is 7.81. The summed E-state index contributed by atoms with van der Waals surface area (Å²) in [6.07, 6.45) is 0.213. The summed E-state index contributed by atoms with van der Waals surface area (Å²) in [7, 11) is 0. The number of halogens is 3. The largest absolute Gasteiger partial charge is 0.466 e. The monoisotopic (exact) mass is 376 g/mol. The Morgan fingerprint density at radius 2 is 2.29 bits per heavy atom. The molecule has 0 aliphatic rings. The lowest BCUT2D eigenvalue weighted by molar-refractivity contribution is -0.143. The Kier molecular flexibility index (Phi) is 5.22. The van der Waals surface area contributed by atoms with E-state index >= 15 is 0 Å². The number of fused-ring (bicyclic) bond motifs is 1. The minimum absolute atomic E-state index is 0.213. The topological polar surface area (TPSA) is 44.1 Å². The number of hydrogen-bond acceptors (Lipinski definition) is 3. The van der Waals surface area contributed by atoms with Crippen LogP contribution in [-0.2, 0) is 16.1 Å². The standard InChI is InChI=1S/C14H15BrClFN2O2/c1-3-21-13(20)4-5-19-12-6-9(15)10(17)7-11(12)18-14(19)8(2)16/h6-8H,3-5H2,1-2H3. The summed E-state index contributed by atoms with van der Waals surface area (Å²) in [5.74, 6) is -0.0616. The summed E-state index contributed by atoms with van der Waals surface area (Å²) in [6.45, 7) is 4.28. The molecule has 0 radical (unpaired) electrons. The Morgan fingerprint density at radius 3 is 2.90 bits per heavy atom. The van der Waals surface area contributed by atoms with Gasteiger partial charge in [-0.15, -0.1) is 11.6 Å². The fourth-order valence-corrected chi connectivity index (χ4v) is 2.61. The second-order valence-electron chi connectivity index (χ2n) is 4.55. The molecule has 0 fully saturated rings. The smallest absolute Gasteiger partial charge is 0.307 e. The number of imidazole rings is 1. The minimum Gasteiger partial charge on any atom is -0.466 e. The first-order valence-electron chi connectivity index (χ1n) is 6.59. The molecule has 1 aromatic carbocycles. The van der Waals surface area contributed by atoms with Crippen LogP contribution in [0.1, 0.15) is 31.5 Å². The van der Waals surface area contributed by atoms with Crippen LogP contribution in [0, 0.1) is 5.82 Å². The van der Waals surface area contributed by atoms with Crippen LogP contribution < -0.4 is 0 Å². The van der Waals surface area contributed by atoms with Gasteiger partial charge in [0.25, 0.3) is 0 Å². The van der Waals surface area contributed by atoms with Crippen molar-refractivity contribution >= 4 is 44.5 Å². The van der Waals surface area contributed by atoms with Crippen LogP contribution in [0.2, 0.25) is 0 Å². The Hall–Kier alpha value is -1.14. The van der Waals surface area contributed by atoms with Gasteiger partial charge < -0.3 is 9.30 Å². The van der Waals surface area contributed by atoms with E-state index in [2.05, 4.69) is 20.9 Å². The molecule has 114 valence electrons. The van der Waals surface area contributed by atoms with E-state index in [1.807, 2.05) is 4.57 Å². The molecule has 0 aliphatic heterocycles. The van der Waals surface area contributed by atoms with Crippen LogP contribution in [0.15, 0.2) is 16.6 Å². The molecule has 0 amide bonds. The Balaban J connectivity index is 2.41. The Labute approximate surface area is 135 Å². The number of nitrogens with zero attached hydrogens (tertiary/aromatic N) is 2. The summed E-state index contributed by atoms with van der Waals surface area (Å²) >= 11 is 9.29. The van der Waals surface area contributed by atoms with Crippen molar-refractivity contribution in [3.05, 3.63) is 28.2 Å². The van der Waals surface area contributed by atoms with Gasteiger partial charge in [0.15, 0.2) is 0 Å². The maximum absolute atomic E-state index is 13.6. The third-order valence-corrected chi connectivity index (χ3v) is 3.82. The summed E-state index contributed by atoms with van der Waals surface area (Å²) in [6, 6.07) is 2.99. The van der Waals surface area contributed by atoms with Gasteiger partial charge in [0.1, 0.15) is 11.6 Å². The first-order chi connectivity index (χ1) is 9.93. The average Bonchev–Trinajstić information content (AvgIpc) is 2.75. The molecule has 2 aromatic rings. The highest BCUT2D eigenvalue weighted by Crippen LogP contribution is 2.28. The number of benzene rings is 1. The maximum Gasteiger partial charge on any atom is 0.307 e. The van der Waals surface area contributed by atoms with Crippen LogP contribution >= 0.6 is 27.5 Å². The van der Waals surface area contributed by atoms with Gasteiger partial charge >= 0.3 is 5.97 Å². The lowest BCUT2D eigenvalue weighted by Crippen LogP contribution is -2.11. The van der Waals surface area contributed by atoms with Gasteiger partial charge in [0, 0.05) is 12.6 Å². The molecule has 1 unspecified atom stereocenters. The molecular formula is C14H15BrClFN2O2. The molecule has 0 saturated heterocycles. The minimum atomic E-state index is -0.383. The molecule has 0 spiro atoms. The van der Waals surface area contributed by atoms with Gasteiger partial charge in [-0.1, -0.05) is 0 Å². The van der Waals surface area contributed by atoms with Gasteiger partial charge in [-0.2, -0.15) is 0 Å². The molecule has 0 N–H and O–H groups in total. The van der Waals surface area contributed by atoms with Gasteiger partial charge in [0.05, 0.1) is 33.9 Å². The highest BCUT2D eigenvalue weighted by atomic mass is 79.9. The number of carbonyl (C=O) groups is 1. The zero-order valence-electron chi connectivity index (χ0n) is 11.7. The van der Waals surface area contributed by atoms with Crippen molar-refractivity contribution in [3.63, 3.8) is 0 Å². The van der Waals surface area contributed by atoms with E-state index in [9.17, 15) is 9.18 Å². The van der Waals surface area contributed by atoms with E-state index in [-0.39, 0.29) is 23.6 Å². The van der Waals surface area contributed by atoms with E-state index in [0.29, 0.717) is 29.0 Å². The van der Waals surface area contributed by atoms with E-state index in [1.54, 1.807) is 19.9 Å². The molecule has 0 bridgehead atoms. The molecule has 21 heavy (non-hydrogen) atoms. The van der Waals surface area contributed by atoms with Crippen molar-refractivity contribution in [1.29, 1.82) is 0 Å². The van der Waals surface area contributed by atoms with E-state index < -0.39 is 0 Å². The summed E-state index contributed by atoms with van der Waals surface area (Å²) in [4.78, 5) is 15.9. The van der Waals surface area contributed by atoms with Crippen molar-refractivity contribution in [2.45, 2.75) is 32.2 Å². The summed E-state index contributed by atoms with van der Waals surface area (Å²) in [5.41, 5.74) is 1.25. The van der Waals surface area contributed by atoms with Crippen molar-refractivity contribution in [2.24, 2.45) is 0 Å². The van der Waals surface area contributed by atoms with Gasteiger partial charge in [0.2, 0.25) is 0 Å². The van der Waals surface area contributed by atoms with Gasteiger partial charge in [-0.3, -0.25) is 4.79 Å². The molecule has 1 heterocycles. The molecule has 1 atom stereocenters. The first kappa shape index (κ1) is 16.2. The van der Waals surface area contributed by atoms with Crippen molar-refractivity contribution in [3.8, 4) is 0 Å². The van der Waals surface area contributed by atoms with Crippen molar-refractivity contribution in [2.75, 3.05) is 6.61 Å². The SMILES string of the molecule is CCOC(=O)CCn1c(C(C)Cl)nc2cc(F)c(Br)cc21. The van der Waals surface area contributed by atoms with Crippen LogP contribution in [0.3, 0.4) is 0 Å². The van der Waals surface area contributed by atoms with Crippen LogP contribution in [0.25, 0.3) is 11.0 Å². The van der Waals surface area contributed by atoms with E-state index in [4.69, 9.17) is 16.3 Å². The van der Waals surface area contributed by atoms with Crippen LogP contribution in [0.5, 0.6) is 0 Å². The summed E-state index contributed by atoms with van der Waals surface area (Å²) < 4.78 is 20.7. The Morgan fingerprint density at radius 1 is 1.57 bits per heavy atom. The number of rotatable bonds is 5. The fraction of sp³-hybridized carbons (Fsp3) is 0.429. The number of aromatic nitrogens is 2. The van der Waals surface area contributed by atoms with Crippen molar-refractivity contribution < 1.29 is 13.9 Å². The molecule has 7 heteroatoms. The second-order valence-corrected chi connectivity index (χ2v) is 6.06. The number of alkyl halides is 1. The highest BCUT2D eigenvalue weighted by molar-refractivity contribution is 9.10. The van der Waals surface area contributed by atoms with Crippen LogP contribution in [-0.4, -0.2) is 22.1 Å². The molecule has 2 rings (SSSR count). The second kappa shape index (κ2) is 6.75. The zero-order valence-corrected chi connectivity index (χ0v) is 14.0. The molecule has 0 aliphatic carbocycles. The number of ether oxygens (including phenoxy) is 1. The predicted octanol–water partition coefficient (Wildman–Crippen LogP) is 4.19. The molecule has 0 saturated carbocycles. The number of esters is 1. The van der Waals surface area contributed by atoms with Gasteiger partial charge in [-0.25, -0.2) is 9.37 Å². The average molecular weight is 378 g/mol. The fourth-order valence-electron chi connectivity index (χ4n) is 2.11. The lowest BCUT2D eigenvalue weighted by atomic mass is 10.3. The maximum atomic E-state index is 13.6. The number of aryl methyl sites for hydroxylation is 1. The van der Waals surface area contributed by atoms with Gasteiger partial charge in [-0.05, 0) is 35.8 Å². The normalized spacial score (nSPS) is 12.6. The van der Waals surface area contributed by atoms with Crippen molar-refractivity contribution in [1.82, 2.24) is 9.55 Å². The summed E-state index contributed by atoms with van der Waals surface area (Å²) in [5, 5.41) is -0.346. The molecule has 4 nitrogen and oxygen atoms in total. The third-order valence-electron chi connectivity index (χ3n) is 3.02. The molecular weight excluding hydrogens is 363 g/mol. The number of hydrogen-bond donors (Lipinski definition) is 0.